The highest BCUT2D eigenvalue weighted by Crippen LogP contribution is 2.18. The molecule has 2 aliphatic heterocycles. The Morgan fingerprint density at radius 2 is 1.94 bits per heavy atom. The number of carbonyl (C=O) groups is 1. The summed E-state index contributed by atoms with van der Waals surface area (Å²) in [5, 5.41) is 6.31. The van der Waals surface area contributed by atoms with Crippen LogP contribution in [0.25, 0.3) is 6.08 Å². The molecule has 4 rings (SSSR count). The molecule has 0 aromatic heterocycles. The first-order valence-corrected chi connectivity index (χ1v) is 11.6. The number of carbonyl (C=O) groups excluding carboxylic acids is 1. The van der Waals surface area contributed by atoms with Crippen molar-refractivity contribution in [2.24, 2.45) is 0 Å². The van der Waals surface area contributed by atoms with Gasteiger partial charge in [0.1, 0.15) is 17.7 Å². The number of hydrogen-bond acceptors (Lipinski definition) is 4. The second kappa shape index (κ2) is 12.4. The van der Waals surface area contributed by atoms with E-state index in [9.17, 15) is 9.18 Å². The quantitative estimate of drug-likeness (QED) is 0.593. The number of nitrogens with zero attached hydrogens (tertiary/aromatic N) is 1. The van der Waals surface area contributed by atoms with E-state index in [-0.39, 0.29) is 35.5 Å². The zero-order valence-corrected chi connectivity index (χ0v) is 20.0. The summed E-state index contributed by atoms with van der Waals surface area (Å²) in [5.41, 5.74) is 1.54. The van der Waals surface area contributed by atoms with E-state index in [1.165, 1.54) is 18.2 Å². The van der Waals surface area contributed by atoms with E-state index in [1.54, 1.807) is 0 Å². The molecular weight excluding hydrogens is 464 g/mol. The number of ether oxygens (including phenoxy) is 1. The molecule has 1 amide bonds. The van der Waals surface area contributed by atoms with Gasteiger partial charge in [-0.25, -0.2) is 4.39 Å². The SMILES string of the molecule is Cl.O=C(NC1CCN(C/C=C/c2ccc(O[C@H]3CCNC3)cc2)CC1)c1ccc(F)c(Cl)c1. The Kier molecular flexibility index (Phi) is 9.56. The summed E-state index contributed by atoms with van der Waals surface area (Å²) >= 11 is 5.78. The lowest BCUT2D eigenvalue weighted by molar-refractivity contribution is 0.0914. The minimum absolute atomic E-state index is 0. The monoisotopic (exact) mass is 493 g/mol. The van der Waals surface area contributed by atoms with E-state index in [0.717, 1.165) is 63.3 Å². The van der Waals surface area contributed by atoms with Crippen molar-refractivity contribution in [1.29, 1.82) is 0 Å². The molecule has 2 fully saturated rings. The Hall–Kier alpha value is -2.12. The molecule has 2 aromatic carbocycles. The van der Waals surface area contributed by atoms with Crippen molar-refractivity contribution >= 4 is 36.0 Å². The molecule has 0 saturated carbocycles. The van der Waals surface area contributed by atoms with Crippen LogP contribution in [0.3, 0.4) is 0 Å². The number of rotatable bonds is 7. The van der Waals surface area contributed by atoms with Crippen LogP contribution in [-0.2, 0) is 0 Å². The van der Waals surface area contributed by atoms with Crippen LogP contribution >= 0.6 is 24.0 Å². The molecule has 2 saturated heterocycles. The Bertz CT molecular complexity index is 941. The molecular formula is C25H30Cl2FN3O2. The van der Waals surface area contributed by atoms with Crippen LogP contribution in [0, 0.1) is 5.82 Å². The molecule has 5 nitrogen and oxygen atoms in total. The number of amides is 1. The number of benzene rings is 2. The van der Waals surface area contributed by atoms with E-state index in [4.69, 9.17) is 16.3 Å². The van der Waals surface area contributed by atoms with Crippen LogP contribution in [0.4, 0.5) is 4.39 Å². The van der Waals surface area contributed by atoms with Gasteiger partial charge in [0.2, 0.25) is 0 Å². The number of nitrogens with one attached hydrogen (secondary N) is 2. The highest BCUT2D eigenvalue weighted by atomic mass is 35.5. The van der Waals surface area contributed by atoms with Crippen LogP contribution < -0.4 is 15.4 Å². The predicted molar refractivity (Wildman–Crippen MR) is 133 cm³/mol. The Labute approximate surface area is 205 Å². The molecule has 0 unspecified atom stereocenters. The van der Waals surface area contributed by atoms with Crippen molar-refractivity contribution in [2.45, 2.75) is 31.4 Å². The summed E-state index contributed by atoms with van der Waals surface area (Å²) in [6, 6.07) is 12.4. The van der Waals surface area contributed by atoms with Crippen molar-refractivity contribution in [3.8, 4) is 5.75 Å². The molecule has 2 N–H and O–H groups in total. The Morgan fingerprint density at radius 3 is 2.61 bits per heavy atom. The van der Waals surface area contributed by atoms with E-state index >= 15 is 0 Å². The van der Waals surface area contributed by atoms with E-state index in [2.05, 4.69) is 39.8 Å². The highest BCUT2D eigenvalue weighted by Gasteiger charge is 2.21. The summed E-state index contributed by atoms with van der Waals surface area (Å²) in [4.78, 5) is 14.8. The molecule has 0 aliphatic carbocycles. The fraction of sp³-hybridized carbons (Fsp3) is 0.400. The Morgan fingerprint density at radius 1 is 1.18 bits per heavy atom. The van der Waals surface area contributed by atoms with Gasteiger partial charge in [-0.05, 0) is 61.7 Å². The molecule has 8 heteroatoms. The maximum Gasteiger partial charge on any atom is 0.251 e. The molecule has 2 aromatic rings. The zero-order chi connectivity index (χ0) is 22.3. The van der Waals surface area contributed by atoms with Crippen LogP contribution in [0.5, 0.6) is 5.75 Å². The van der Waals surface area contributed by atoms with E-state index < -0.39 is 5.82 Å². The van der Waals surface area contributed by atoms with Crippen LogP contribution in [0.2, 0.25) is 5.02 Å². The van der Waals surface area contributed by atoms with Crippen molar-refractivity contribution in [1.82, 2.24) is 15.5 Å². The van der Waals surface area contributed by atoms with Crippen molar-refractivity contribution in [3.05, 3.63) is 70.5 Å². The first-order chi connectivity index (χ1) is 15.6. The summed E-state index contributed by atoms with van der Waals surface area (Å²) < 4.78 is 19.2. The normalized spacial score (nSPS) is 19.4. The van der Waals surface area contributed by atoms with E-state index in [0.29, 0.717) is 5.56 Å². The van der Waals surface area contributed by atoms with Crippen LogP contribution in [0.1, 0.15) is 35.2 Å². The zero-order valence-electron chi connectivity index (χ0n) is 18.4. The number of halogens is 3. The summed E-state index contributed by atoms with van der Waals surface area (Å²) in [6.45, 7) is 4.66. The summed E-state index contributed by atoms with van der Waals surface area (Å²) in [6.07, 6.45) is 7.41. The average Bonchev–Trinajstić information content (AvgIpc) is 3.31. The second-order valence-electron chi connectivity index (χ2n) is 8.38. The third kappa shape index (κ3) is 7.44. The van der Waals surface area contributed by atoms with Gasteiger partial charge in [-0.3, -0.25) is 9.69 Å². The first kappa shape index (κ1) is 25.5. The minimum atomic E-state index is -0.518. The third-order valence-corrected chi connectivity index (χ3v) is 6.27. The molecule has 0 spiro atoms. The molecule has 2 heterocycles. The van der Waals surface area contributed by atoms with Crippen molar-refractivity contribution in [3.63, 3.8) is 0 Å². The van der Waals surface area contributed by atoms with Gasteiger partial charge >= 0.3 is 0 Å². The van der Waals surface area contributed by atoms with Crippen LogP contribution in [0.15, 0.2) is 48.5 Å². The minimum Gasteiger partial charge on any atom is -0.489 e. The highest BCUT2D eigenvalue weighted by molar-refractivity contribution is 6.31. The van der Waals surface area contributed by atoms with Gasteiger partial charge < -0.3 is 15.4 Å². The third-order valence-electron chi connectivity index (χ3n) is 5.98. The molecule has 33 heavy (non-hydrogen) atoms. The lowest BCUT2D eigenvalue weighted by Gasteiger charge is -2.31. The maximum absolute atomic E-state index is 13.3. The second-order valence-corrected chi connectivity index (χ2v) is 8.79. The molecule has 2 aliphatic rings. The lowest BCUT2D eigenvalue weighted by Crippen LogP contribution is -2.44. The van der Waals surface area contributed by atoms with Gasteiger partial charge in [0, 0.05) is 37.8 Å². The number of piperidine rings is 1. The smallest absolute Gasteiger partial charge is 0.251 e. The first-order valence-electron chi connectivity index (χ1n) is 11.2. The fourth-order valence-corrected chi connectivity index (χ4v) is 4.26. The largest absolute Gasteiger partial charge is 0.489 e. The van der Waals surface area contributed by atoms with Gasteiger partial charge in [0.05, 0.1) is 5.02 Å². The summed E-state index contributed by atoms with van der Waals surface area (Å²) in [7, 11) is 0. The van der Waals surface area contributed by atoms with Crippen molar-refractivity contribution < 1.29 is 13.9 Å². The number of hydrogen-bond donors (Lipinski definition) is 2. The molecule has 0 radical (unpaired) electrons. The maximum atomic E-state index is 13.3. The standard InChI is InChI=1S/C25H29ClFN3O2.ClH/c26-23-16-19(5-8-24(23)27)25(31)29-20-10-14-30(15-11-20)13-1-2-18-3-6-21(7-4-18)32-22-9-12-28-17-22;/h1-8,16,20,22,28H,9-15,17H2,(H,29,31);1H/b2-1+;/t22-;/m0./s1. The topological polar surface area (TPSA) is 53.6 Å². The lowest BCUT2D eigenvalue weighted by atomic mass is 10.0. The van der Waals surface area contributed by atoms with E-state index in [1.807, 2.05) is 12.1 Å². The molecule has 1 atom stereocenters. The van der Waals surface area contributed by atoms with Gasteiger partial charge in [0.15, 0.2) is 0 Å². The molecule has 178 valence electrons. The van der Waals surface area contributed by atoms with Crippen molar-refractivity contribution in [2.75, 3.05) is 32.7 Å². The Balaban J connectivity index is 0.00000306. The van der Waals surface area contributed by atoms with Gasteiger partial charge in [-0.2, -0.15) is 0 Å². The van der Waals surface area contributed by atoms with Gasteiger partial charge in [0.25, 0.3) is 5.91 Å². The van der Waals surface area contributed by atoms with Gasteiger partial charge in [-0.1, -0.05) is 35.9 Å². The van der Waals surface area contributed by atoms with Crippen LogP contribution in [-0.4, -0.2) is 55.7 Å². The number of likely N-dealkylation sites (tertiary alicyclic amines) is 1. The van der Waals surface area contributed by atoms with Gasteiger partial charge in [-0.15, -0.1) is 12.4 Å². The predicted octanol–water partition coefficient (Wildman–Crippen LogP) is 4.55. The average molecular weight is 494 g/mol. The summed E-state index contributed by atoms with van der Waals surface area (Å²) in [5.74, 6) is 0.195. The molecule has 0 bridgehead atoms. The fourth-order valence-electron chi connectivity index (χ4n) is 4.08.